The van der Waals surface area contributed by atoms with E-state index in [2.05, 4.69) is 46.5 Å². The van der Waals surface area contributed by atoms with Crippen molar-refractivity contribution < 1.29 is 0 Å². The Balaban J connectivity index is 1.77. The lowest BCUT2D eigenvalue weighted by Gasteiger charge is -2.00. The van der Waals surface area contributed by atoms with Crippen LogP contribution in [0, 0.1) is 6.92 Å². The molecule has 0 radical (unpaired) electrons. The van der Waals surface area contributed by atoms with Crippen molar-refractivity contribution in [2.45, 2.75) is 26.3 Å². The number of aryl methyl sites for hydroxylation is 3. The summed E-state index contributed by atoms with van der Waals surface area (Å²) in [4.78, 5) is 0.819. The van der Waals surface area contributed by atoms with E-state index in [1.54, 1.807) is 4.52 Å². The van der Waals surface area contributed by atoms with E-state index in [1.165, 1.54) is 22.5 Å². The summed E-state index contributed by atoms with van der Waals surface area (Å²) in [5, 5.41) is 13.6. The van der Waals surface area contributed by atoms with E-state index in [4.69, 9.17) is 5.73 Å². The second-order valence-corrected chi connectivity index (χ2v) is 5.54. The predicted molar refractivity (Wildman–Crippen MR) is 75.1 cm³/mol. The van der Waals surface area contributed by atoms with E-state index in [0.717, 1.165) is 28.6 Å². The molecule has 0 aliphatic rings. The molecule has 0 saturated heterocycles. The van der Waals surface area contributed by atoms with Crippen molar-refractivity contribution in [3.05, 3.63) is 46.2 Å². The number of fused-ring (bicyclic) bond motifs is 1. The fourth-order valence-electron chi connectivity index (χ4n) is 1.95. The molecule has 0 aliphatic heterocycles. The zero-order valence-electron chi connectivity index (χ0n) is 10.7. The first kappa shape index (κ1) is 12.3. The number of benzene rings is 1. The van der Waals surface area contributed by atoms with E-state index >= 15 is 0 Å². The van der Waals surface area contributed by atoms with Gasteiger partial charge in [-0.3, -0.25) is 0 Å². The largest absolute Gasteiger partial charge is 0.324 e. The SMILES string of the molecule is Cc1ccc(CCc2nnc3sc(CN)nn23)cc1. The van der Waals surface area contributed by atoms with Crippen LogP contribution in [0.1, 0.15) is 22.0 Å². The Hall–Kier alpha value is -1.79. The first-order chi connectivity index (χ1) is 9.26. The second-order valence-electron chi connectivity index (χ2n) is 4.50. The number of nitrogens with two attached hydrogens (primary N) is 1. The fourth-order valence-corrected chi connectivity index (χ4v) is 2.68. The summed E-state index contributed by atoms with van der Waals surface area (Å²) in [5.41, 5.74) is 8.17. The highest BCUT2D eigenvalue weighted by molar-refractivity contribution is 7.16. The molecule has 0 amide bonds. The Morgan fingerprint density at radius 1 is 1.16 bits per heavy atom. The van der Waals surface area contributed by atoms with Crippen molar-refractivity contribution in [3.63, 3.8) is 0 Å². The highest BCUT2D eigenvalue weighted by atomic mass is 32.1. The van der Waals surface area contributed by atoms with Crippen LogP contribution in [-0.2, 0) is 19.4 Å². The Morgan fingerprint density at radius 3 is 2.68 bits per heavy atom. The van der Waals surface area contributed by atoms with Crippen LogP contribution in [-0.4, -0.2) is 19.8 Å². The molecule has 2 heterocycles. The summed E-state index contributed by atoms with van der Waals surface area (Å²) < 4.78 is 1.81. The first-order valence-electron chi connectivity index (χ1n) is 6.22. The van der Waals surface area contributed by atoms with Crippen LogP contribution in [0.3, 0.4) is 0 Å². The molecule has 6 heteroatoms. The molecule has 0 spiro atoms. The smallest absolute Gasteiger partial charge is 0.234 e. The van der Waals surface area contributed by atoms with Gasteiger partial charge in [0, 0.05) is 13.0 Å². The van der Waals surface area contributed by atoms with Gasteiger partial charge in [-0.2, -0.15) is 9.61 Å². The molecular formula is C13H15N5S. The van der Waals surface area contributed by atoms with E-state index in [-0.39, 0.29) is 0 Å². The Morgan fingerprint density at radius 2 is 1.95 bits per heavy atom. The molecule has 0 fully saturated rings. The number of nitrogens with zero attached hydrogens (tertiary/aromatic N) is 4. The minimum atomic E-state index is 0.450. The van der Waals surface area contributed by atoms with Gasteiger partial charge in [0.15, 0.2) is 5.82 Å². The number of rotatable bonds is 4. The van der Waals surface area contributed by atoms with Gasteiger partial charge in [0.25, 0.3) is 0 Å². The van der Waals surface area contributed by atoms with Crippen LogP contribution >= 0.6 is 11.3 Å². The molecule has 0 saturated carbocycles. The normalized spacial score (nSPS) is 11.3. The van der Waals surface area contributed by atoms with Gasteiger partial charge in [0.1, 0.15) is 5.01 Å². The van der Waals surface area contributed by atoms with Crippen molar-refractivity contribution in [2.24, 2.45) is 5.73 Å². The Labute approximate surface area is 115 Å². The van der Waals surface area contributed by atoms with E-state index in [9.17, 15) is 0 Å². The lowest BCUT2D eigenvalue weighted by Crippen LogP contribution is -2.01. The quantitative estimate of drug-likeness (QED) is 0.786. The minimum absolute atomic E-state index is 0.450. The van der Waals surface area contributed by atoms with Gasteiger partial charge in [-0.25, -0.2) is 0 Å². The first-order valence-corrected chi connectivity index (χ1v) is 7.03. The van der Waals surface area contributed by atoms with Gasteiger partial charge < -0.3 is 5.73 Å². The summed E-state index contributed by atoms with van der Waals surface area (Å²) in [7, 11) is 0. The van der Waals surface area contributed by atoms with Gasteiger partial charge in [0.05, 0.1) is 0 Å². The molecule has 3 aromatic rings. The summed E-state index contributed by atoms with van der Waals surface area (Å²) in [6.07, 6.45) is 1.77. The van der Waals surface area contributed by atoms with E-state index in [0.29, 0.717) is 6.54 Å². The maximum Gasteiger partial charge on any atom is 0.234 e. The lowest BCUT2D eigenvalue weighted by atomic mass is 10.1. The molecule has 0 bridgehead atoms. The van der Waals surface area contributed by atoms with Gasteiger partial charge >= 0.3 is 0 Å². The Kier molecular flexibility index (Phi) is 3.27. The monoisotopic (exact) mass is 273 g/mol. The third-order valence-corrected chi connectivity index (χ3v) is 3.95. The standard InChI is InChI=1S/C13H15N5S/c1-9-2-4-10(5-3-9)6-7-11-15-16-13-18(11)17-12(8-14)19-13/h2-5H,6-8,14H2,1H3. The molecule has 98 valence electrons. The number of aromatic nitrogens is 4. The zero-order chi connectivity index (χ0) is 13.2. The van der Waals surface area contributed by atoms with Gasteiger partial charge in [0.2, 0.25) is 4.96 Å². The molecule has 1 aromatic carbocycles. The summed E-state index contributed by atoms with van der Waals surface area (Å²) >= 11 is 1.49. The lowest BCUT2D eigenvalue weighted by molar-refractivity contribution is 0.775. The highest BCUT2D eigenvalue weighted by Gasteiger charge is 2.10. The topological polar surface area (TPSA) is 69.1 Å². The van der Waals surface area contributed by atoms with Crippen molar-refractivity contribution >= 4 is 16.3 Å². The molecule has 3 rings (SSSR count). The summed E-state index contributed by atoms with van der Waals surface area (Å²) in [6.45, 7) is 2.54. The molecule has 0 aliphatic carbocycles. The maximum absolute atomic E-state index is 5.59. The van der Waals surface area contributed by atoms with Crippen LogP contribution in [0.15, 0.2) is 24.3 Å². The molecule has 5 nitrogen and oxygen atoms in total. The van der Waals surface area contributed by atoms with E-state index in [1.807, 2.05) is 0 Å². The fraction of sp³-hybridized carbons (Fsp3) is 0.308. The highest BCUT2D eigenvalue weighted by Crippen LogP contribution is 2.14. The summed E-state index contributed by atoms with van der Waals surface area (Å²) in [5.74, 6) is 0.895. The zero-order valence-corrected chi connectivity index (χ0v) is 11.5. The van der Waals surface area contributed by atoms with Crippen LogP contribution in [0.2, 0.25) is 0 Å². The van der Waals surface area contributed by atoms with Crippen molar-refractivity contribution in [1.29, 1.82) is 0 Å². The van der Waals surface area contributed by atoms with Crippen molar-refractivity contribution in [2.75, 3.05) is 0 Å². The van der Waals surface area contributed by atoms with Gasteiger partial charge in [-0.15, -0.1) is 10.2 Å². The average molecular weight is 273 g/mol. The third-order valence-electron chi connectivity index (χ3n) is 3.03. The molecule has 0 unspecified atom stereocenters. The molecule has 2 N–H and O–H groups in total. The second kappa shape index (κ2) is 5.07. The Bertz CT molecular complexity index is 683. The van der Waals surface area contributed by atoms with Gasteiger partial charge in [-0.05, 0) is 18.9 Å². The minimum Gasteiger partial charge on any atom is -0.324 e. The van der Waals surface area contributed by atoms with Crippen LogP contribution in [0.4, 0.5) is 0 Å². The van der Waals surface area contributed by atoms with Crippen LogP contribution in [0.5, 0.6) is 0 Å². The third kappa shape index (κ3) is 2.50. The maximum atomic E-state index is 5.59. The van der Waals surface area contributed by atoms with Crippen LogP contribution in [0.25, 0.3) is 4.96 Å². The summed E-state index contributed by atoms with van der Waals surface area (Å²) in [6, 6.07) is 8.56. The van der Waals surface area contributed by atoms with Crippen molar-refractivity contribution in [1.82, 2.24) is 19.8 Å². The van der Waals surface area contributed by atoms with Gasteiger partial charge in [-0.1, -0.05) is 41.2 Å². The predicted octanol–water partition coefficient (Wildman–Crippen LogP) is 1.74. The molecule has 0 atom stereocenters. The molecule has 2 aromatic heterocycles. The van der Waals surface area contributed by atoms with Crippen molar-refractivity contribution in [3.8, 4) is 0 Å². The molecule has 19 heavy (non-hydrogen) atoms. The van der Waals surface area contributed by atoms with Crippen LogP contribution < -0.4 is 5.73 Å². The average Bonchev–Trinajstić information content (AvgIpc) is 2.98. The number of hydrogen-bond acceptors (Lipinski definition) is 5. The number of hydrogen-bond donors (Lipinski definition) is 1. The molecular weight excluding hydrogens is 258 g/mol. The van der Waals surface area contributed by atoms with E-state index < -0.39 is 0 Å².